The predicted molar refractivity (Wildman–Crippen MR) is 181 cm³/mol. The number of aromatic nitrogens is 2. The number of H-pyrrole nitrogens is 1. The summed E-state index contributed by atoms with van der Waals surface area (Å²) in [7, 11) is 1.47. The lowest BCUT2D eigenvalue weighted by Gasteiger charge is -2.27. The number of nitrogens with zero attached hydrogens (tertiary/aromatic N) is 1. The Labute approximate surface area is 276 Å². The van der Waals surface area contributed by atoms with Gasteiger partial charge in [0.25, 0.3) is 0 Å². The van der Waals surface area contributed by atoms with Crippen LogP contribution in [0.3, 0.4) is 0 Å². The summed E-state index contributed by atoms with van der Waals surface area (Å²) in [5, 5.41) is 13.3. The summed E-state index contributed by atoms with van der Waals surface area (Å²) in [6.45, 7) is 8.92. The molecule has 5 amide bonds. The maximum atomic E-state index is 13.3. The maximum absolute atomic E-state index is 13.3. The average Bonchev–Trinajstić information content (AvgIpc) is 3.54. The van der Waals surface area contributed by atoms with Gasteiger partial charge in [-0.05, 0) is 26.2 Å². The summed E-state index contributed by atoms with van der Waals surface area (Å²) in [6.07, 6.45) is 19.4. The molecule has 0 unspecified atom stereocenters. The molecule has 0 aliphatic heterocycles. The van der Waals surface area contributed by atoms with Crippen LogP contribution in [0.1, 0.15) is 130 Å². The number of hydrogen-bond acceptors (Lipinski definition) is 6. The van der Waals surface area contributed by atoms with Crippen LogP contribution in [0.15, 0.2) is 12.5 Å². The Kier molecular flexibility index (Phi) is 21.0. The van der Waals surface area contributed by atoms with Gasteiger partial charge >= 0.3 is 0 Å². The van der Waals surface area contributed by atoms with Crippen molar-refractivity contribution in [1.82, 2.24) is 36.6 Å². The van der Waals surface area contributed by atoms with Crippen LogP contribution in [-0.2, 0) is 30.4 Å². The van der Waals surface area contributed by atoms with E-state index in [-0.39, 0.29) is 24.2 Å². The van der Waals surface area contributed by atoms with Crippen LogP contribution >= 0.6 is 0 Å². The summed E-state index contributed by atoms with van der Waals surface area (Å²) in [4.78, 5) is 70.7. The third-order valence-corrected chi connectivity index (χ3v) is 8.12. The molecular weight excluding hydrogens is 586 g/mol. The van der Waals surface area contributed by atoms with Gasteiger partial charge in [0.15, 0.2) is 0 Å². The summed E-state index contributed by atoms with van der Waals surface area (Å²) >= 11 is 0. The van der Waals surface area contributed by atoms with Crippen LogP contribution < -0.4 is 26.6 Å². The Bertz CT molecular complexity index is 1030. The van der Waals surface area contributed by atoms with Crippen LogP contribution in [0.5, 0.6) is 0 Å². The molecule has 6 N–H and O–H groups in total. The molecule has 0 fully saturated rings. The van der Waals surface area contributed by atoms with E-state index < -0.39 is 41.9 Å². The zero-order valence-corrected chi connectivity index (χ0v) is 29.1. The second-order valence-corrected chi connectivity index (χ2v) is 12.7. The third kappa shape index (κ3) is 17.3. The van der Waals surface area contributed by atoms with Gasteiger partial charge in [-0.1, -0.05) is 97.8 Å². The zero-order valence-electron chi connectivity index (χ0n) is 29.1. The molecule has 0 bridgehead atoms. The van der Waals surface area contributed by atoms with E-state index in [9.17, 15) is 24.0 Å². The number of carbonyl (C=O) groups excluding carboxylic acids is 5. The van der Waals surface area contributed by atoms with Crippen molar-refractivity contribution in [3.63, 3.8) is 0 Å². The van der Waals surface area contributed by atoms with Crippen molar-refractivity contribution >= 4 is 29.5 Å². The van der Waals surface area contributed by atoms with E-state index in [1.165, 1.54) is 84.5 Å². The lowest BCUT2D eigenvalue weighted by molar-refractivity contribution is -0.135. The fourth-order valence-electron chi connectivity index (χ4n) is 5.17. The second kappa shape index (κ2) is 23.8. The average molecular weight is 648 g/mol. The molecule has 1 aromatic rings. The highest BCUT2D eigenvalue weighted by molar-refractivity contribution is 5.95. The Morgan fingerprint density at radius 1 is 0.674 bits per heavy atom. The number of likely N-dealkylation sites (N-methyl/N-ethyl adjacent to an activating group) is 1. The monoisotopic (exact) mass is 647 g/mol. The number of unbranched alkanes of at least 4 members (excludes halogenated alkanes) is 12. The quantitative estimate of drug-likeness (QED) is 0.0880. The van der Waals surface area contributed by atoms with Gasteiger partial charge in [0.05, 0.1) is 12.0 Å². The molecule has 12 nitrogen and oxygen atoms in total. The standard InChI is InChI=1S/C34H61N7O5/c1-7-8-9-10-11-12-13-14-15-16-17-18-19-20-29(42)38-26(5)32(44)41-30(24(2)3)34(46)40-28(21-27-22-36-23-37-27)33(45)39-25(4)31(43)35-6/h22-26,28,30H,7-21H2,1-6H3,(H,35,43)(H,36,37)(H,38,42)(H,39,45)(H,40,46)(H,41,44)/t25-,26-,28-,30-/m0/s1. The van der Waals surface area contributed by atoms with Crippen molar-refractivity contribution < 1.29 is 24.0 Å². The minimum Gasteiger partial charge on any atom is -0.357 e. The minimum atomic E-state index is -1.04. The Balaban J connectivity index is 2.49. The molecule has 0 aliphatic rings. The van der Waals surface area contributed by atoms with Crippen LogP contribution in [0.25, 0.3) is 0 Å². The number of rotatable bonds is 25. The highest BCUT2D eigenvalue weighted by Crippen LogP contribution is 2.13. The fourth-order valence-corrected chi connectivity index (χ4v) is 5.17. The molecular formula is C34H61N7O5. The maximum Gasteiger partial charge on any atom is 0.243 e. The van der Waals surface area contributed by atoms with Gasteiger partial charge in [0.1, 0.15) is 24.2 Å². The molecule has 0 radical (unpaired) electrons. The first-order chi connectivity index (χ1) is 22.0. The van der Waals surface area contributed by atoms with E-state index >= 15 is 0 Å². The molecule has 0 aliphatic carbocycles. The topological polar surface area (TPSA) is 174 Å². The van der Waals surface area contributed by atoms with E-state index in [2.05, 4.69) is 43.5 Å². The van der Waals surface area contributed by atoms with E-state index in [4.69, 9.17) is 0 Å². The molecule has 1 heterocycles. The van der Waals surface area contributed by atoms with Gasteiger partial charge in [-0.2, -0.15) is 0 Å². The Morgan fingerprint density at radius 3 is 1.72 bits per heavy atom. The smallest absolute Gasteiger partial charge is 0.243 e. The fraction of sp³-hybridized carbons (Fsp3) is 0.765. The van der Waals surface area contributed by atoms with Crippen molar-refractivity contribution in [2.45, 2.75) is 155 Å². The van der Waals surface area contributed by atoms with Crippen LogP contribution in [-0.4, -0.2) is 70.7 Å². The highest BCUT2D eigenvalue weighted by atomic mass is 16.2. The molecule has 4 atom stereocenters. The zero-order chi connectivity index (χ0) is 34.3. The number of hydrogen-bond donors (Lipinski definition) is 6. The SMILES string of the molecule is CCCCCCCCCCCCCCCC(=O)N[C@@H](C)C(=O)N[C@H](C(=O)N[C@@H](Cc1c[nH]cn1)C(=O)N[C@@H](C)C(=O)NC)C(C)C. The first-order valence-corrected chi connectivity index (χ1v) is 17.4. The van der Waals surface area contributed by atoms with Gasteiger partial charge in [0, 0.05) is 26.1 Å². The van der Waals surface area contributed by atoms with Crippen LogP contribution in [0.2, 0.25) is 0 Å². The molecule has 0 saturated carbocycles. The van der Waals surface area contributed by atoms with Crippen LogP contribution in [0, 0.1) is 5.92 Å². The van der Waals surface area contributed by atoms with Gasteiger partial charge in [-0.25, -0.2) is 4.98 Å². The van der Waals surface area contributed by atoms with Gasteiger partial charge in [-0.3, -0.25) is 24.0 Å². The first-order valence-electron chi connectivity index (χ1n) is 17.4. The lowest BCUT2D eigenvalue weighted by atomic mass is 10.0. The molecule has 46 heavy (non-hydrogen) atoms. The Hall–Kier alpha value is -3.44. The molecule has 0 saturated heterocycles. The number of imidazole rings is 1. The third-order valence-electron chi connectivity index (χ3n) is 8.12. The number of aromatic amines is 1. The summed E-state index contributed by atoms with van der Waals surface area (Å²) in [6, 6.07) is -3.65. The molecule has 262 valence electrons. The molecule has 0 aromatic carbocycles. The molecule has 1 aromatic heterocycles. The number of carbonyl (C=O) groups is 5. The summed E-state index contributed by atoms with van der Waals surface area (Å²) < 4.78 is 0. The van der Waals surface area contributed by atoms with E-state index in [1.54, 1.807) is 27.0 Å². The first kappa shape index (κ1) is 40.6. The van der Waals surface area contributed by atoms with E-state index in [0.29, 0.717) is 12.1 Å². The predicted octanol–water partition coefficient (Wildman–Crippen LogP) is 3.81. The molecule has 12 heteroatoms. The normalized spacial score (nSPS) is 13.7. The summed E-state index contributed by atoms with van der Waals surface area (Å²) in [5.41, 5.74) is 0.540. The number of nitrogens with one attached hydrogen (secondary N) is 6. The van der Waals surface area contributed by atoms with Gasteiger partial charge in [-0.15, -0.1) is 0 Å². The molecule has 1 rings (SSSR count). The minimum absolute atomic E-state index is 0.0753. The van der Waals surface area contributed by atoms with E-state index in [0.717, 1.165) is 19.3 Å². The van der Waals surface area contributed by atoms with Gasteiger partial charge < -0.3 is 31.6 Å². The van der Waals surface area contributed by atoms with Gasteiger partial charge in [0.2, 0.25) is 29.5 Å². The van der Waals surface area contributed by atoms with Crippen molar-refractivity contribution in [2.75, 3.05) is 7.05 Å². The van der Waals surface area contributed by atoms with E-state index in [1.807, 2.05) is 0 Å². The lowest BCUT2D eigenvalue weighted by Crippen LogP contribution is -2.59. The summed E-state index contributed by atoms with van der Waals surface area (Å²) in [5.74, 6) is -2.49. The Morgan fingerprint density at radius 2 is 1.22 bits per heavy atom. The number of amides is 5. The second-order valence-electron chi connectivity index (χ2n) is 12.7. The van der Waals surface area contributed by atoms with Crippen LogP contribution in [0.4, 0.5) is 0 Å². The van der Waals surface area contributed by atoms with Crippen molar-refractivity contribution in [3.05, 3.63) is 18.2 Å². The highest BCUT2D eigenvalue weighted by Gasteiger charge is 2.31. The molecule has 0 spiro atoms. The van der Waals surface area contributed by atoms with Crippen molar-refractivity contribution in [1.29, 1.82) is 0 Å². The van der Waals surface area contributed by atoms with Crippen molar-refractivity contribution in [3.8, 4) is 0 Å². The van der Waals surface area contributed by atoms with Crippen molar-refractivity contribution in [2.24, 2.45) is 5.92 Å². The largest absolute Gasteiger partial charge is 0.357 e.